The van der Waals surface area contributed by atoms with Crippen molar-refractivity contribution in [3.8, 4) is 0 Å². The summed E-state index contributed by atoms with van der Waals surface area (Å²) in [6.45, 7) is 4.59. The first-order chi connectivity index (χ1) is 11.9. The van der Waals surface area contributed by atoms with Crippen LogP contribution in [0.3, 0.4) is 0 Å². The Kier molecular flexibility index (Phi) is 6.75. The van der Waals surface area contributed by atoms with Crippen molar-refractivity contribution in [1.82, 2.24) is 4.90 Å². The number of benzene rings is 1. The Hall–Kier alpha value is -1.31. The summed E-state index contributed by atoms with van der Waals surface area (Å²) < 4.78 is 0. The topological polar surface area (TPSA) is 15.6 Å². The van der Waals surface area contributed by atoms with Crippen LogP contribution in [0.25, 0.3) is 0 Å². The van der Waals surface area contributed by atoms with E-state index in [9.17, 15) is 0 Å². The summed E-state index contributed by atoms with van der Waals surface area (Å²) in [4.78, 5) is 7.97. The van der Waals surface area contributed by atoms with Crippen LogP contribution in [0, 0.1) is 5.92 Å². The van der Waals surface area contributed by atoms with Gasteiger partial charge in [-0.05, 0) is 44.1 Å². The molecule has 1 saturated heterocycles. The molecule has 2 heteroatoms. The Bertz CT molecular complexity index is 504. The summed E-state index contributed by atoms with van der Waals surface area (Å²) in [6, 6.07) is 11.4. The second-order valence-electron chi connectivity index (χ2n) is 7.54. The fourth-order valence-electron chi connectivity index (χ4n) is 4.09. The van der Waals surface area contributed by atoms with E-state index in [0.717, 1.165) is 12.5 Å². The van der Waals surface area contributed by atoms with Gasteiger partial charge < -0.3 is 4.90 Å². The molecule has 0 aromatic heterocycles. The lowest BCUT2D eigenvalue weighted by Crippen LogP contribution is -2.33. The molecule has 1 atom stereocenters. The smallest absolute Gasteiger partial charge is 0.0996 e. The van der Waals surface area contributed by atoms with Gasteiger partial charge in [0.2, 0.25) is 0 Å². The quantitative estimate of drug-likeness (QED) is 0.663. The van der Waals surface area contributed by atoms with Gasteiger partial charge in [0.25, 0.3) is 0 Å². The van der Waals surface area contributed by atoms with E-state index in [1.54, 1.807) is 0 Å². The summed E-state index contributed by atoms with van der Waals surface area (Å²) in [5.41, 5.74) is 1.42. The van der Waals surface area contributed by atoms with Gasteiger partial charge in [-0.2, -0.15) is 0 Å². The average molecular weight is 327 g/mol. The molecule has 2 aliphatic rings. The molecular formula is C22H34N2. The molecule has 1 unspecified atom stereocenters. The second-order valence-corrected chi connectivity index (χ2v) is 7.54. The van der Waals surface area contributed by atoms with Crippen molar-refractivity contribution in [2.24, 2.45) is 10.9 Å². The predicted molar refractivity (Wildman–Crippen MR) is 104 cm³/mol. The number of rotatable bonds is 4. The number of hydrogen-bond acceptors (Lipinski definition) is 1. The number of nitrogens with zero attached hydrogens (tertiary/aromatic N) is 2. The summed E-state index contributed by atoms with van der Waals surface area (Å²) in [5, 5.41) is 0. The van der Waals surface area contributed by atoms with Crippen molar-refractivity contribution >= 4 is 5.84 Å². The van der Waals surface area contributed by atoms with Crippen LogP contribution in [0.4, 0.5) is 0 Å². The van der Waals surface area contributed by atoms with Gasteiger partial charge in [-0.1, -0.05) is 62.4 Å². The van der Waals surface area contributed by atoms with E-state index in [4.69, 9.17) is 4.99 Å². The molecule has 1 aliphatic carbocycles. The number of amidine groups is 1. The first-order valence-electron chi connectivity index (χ1n) is 10.2. The van der Waals surface area contributed by atoms with Crippen LogP contribution >= 0.6 is 0 Å². The van der Waals surface area contributed by atoms with Crippen molar-refractivity contribution in [2.45, 2.75) is 77.2 Å². The highest BCUT2D eigenvalue weighted by molar-refractivity contribution is 5.82. The lowest BCUT2D eigenvalue weighted by atomic mass is 9.77. The van der Waals surface area contributed by atoms with E-state index in [0.29, 0.717) is 6.04 Å². The third kappa shape index (κ3) is 4.62. The van der Waals surface area contributed by atoms with Gasteiger partial charge in [-0.25, -0.2) is 0 Å². The maximum atomic E-state index is 5.40. The summed E-state index contributed by atoms with van der Waals surface area (Å²) >= 11 is 0. The van der Waals surface area contributed by atoms with Crippen LogP contribution in [0.1, 0.15) is 82.7 Å². The van der Waals surface area contributed by atoms with E-state index in [2.05, 4.69) is 42.2 Å². The molecule has 1 aliphatic heterocycles. The molecule has 1 aromatic carbocycles. The standard InChI is InChI=1S/C22H34N2/c1-2-24-18-11-6-4-3-5-10-17-21(24)23-22(20-15-12-16-20)19-13-8-7-9-14-19/h7-9,13-14,20,22H,2-6,10-12,15-18H2,1H3. The minimum Gasteiger partial charge on any atom is -0.361 e. The van der Waals surface area contributed by atoms with Crippen LogP contribution in [-0.2, 0) is 0 Å². The van der Waals surface area contributed by atoms with E-state index in [1.165, 1.54) is 82.2 Å². The highest BCUT2D eigenvalue weighted by atomic mass is 15.2. The molecule has 1 saturated carbocycles. The summed E-state index contributed by atoms with van der Waals surface area (Å²) in [7, 11) is 0. The lowest BCUT2D eigenvalue weighted by molar-refractivity contribution is 0.262. The van der Waals surface area contributed by atoms with Crippen LogP contribution in [0.2, 0.25) is 0 Å². The molecule has 24 heavy (non-hydrogen) atoms. The van der Waals surface area contributed by atoms with Gasteiger partial charge in [-0.3, -0.25) is 4.99 Å². The molecule has 1 heterocycles. The normalized spacial score (nSPS) is 23.7. The zero-order chi connectivity index (χ0) is 16.6. The third-order valence-corrected chi connectivity index (χ3v) is 5.85. The average Bonchev–Trinajstić information content (AvgIpc) is 2.58. The Morgan fingerprint density at radius 3 is 2.33 bits per heavy atom. The molecular weight excluding hydrogens is 292 g/mol. The van der Waals surface area contributed by atoms with Crippen molar-refractivity contribution in [3.63, 3.8) is 0 Å². The molecule has 1 aromatic rings. The second kappa shape index (κ2) is 9.25. The molecule has 0 spiro atoms. The fraction of sp³-hybridized carbons (Fsp3) is 0.682. The first kappa shape index (κ1) is 17.5. The molecule has 0 N–H and O–H groups in total. The van der Waals surface area contributed by atoms with Crippen LogP contribution < -0.4 is 0 Å². The van der Waals surface area contributed by atoms with Gasteiger partial charge in [0.05, 0.1) is 11.9 Å². The molecule has 2 fully saturated rings. The van der Waals surface area contributed by atoms with Gasteiger partial charge in [-0.15, -0.1) is 0 Å². The molecule has 0 radical (unpaired) electrons. The van der Waals surface area contributed by atoms with Crippen LogP contribution in [0.15, 0.2) is 35.3 Å². The van der Waals surface area contributed by atoms with Crippen molar-refractivity contribution < 1.29 is 0 Å². The van der Waals surface area contributed by atoms with Crippen LogP contribution in [-0.4, -0.2) is 23.8 Å². The number of hydrogen-bond donors (Lipinski definition) is 0. The Balaban J connectivity index is 1.83. The van der Waals surface area contributed by atoms with Gasteiger partial charge >= 0.3 is 0 Å². The van der Waals surface area contributed by atoms with Gasteiger partial charge in [0.1, 0.15) is 0 Å². The first-order valence-corrected chi connectivity index (χ1v) is 10.2. The lowest BCUT2D eigenvalue weighted by Gasteiger charge is -2.34. The zero-order valence-electron chi connectivity index (χ0n) is 15.4. The molecule has 3 rings (SSSR count). The van der Waals surface area contributed by atoms with E-state index < -0.39 is 0 Å². The Morgan fingerprint density at radius 2 is 1.67 bits per heavy atom. The van der Waals surface area contributed by atoms with E-state index in [1.807, 2.05) is 0 Å². The number of aliphatic imine (C=N–C) groups is 1. The molecule has 132 valence electrons. The minimum atomic E-state index is 0.381. The largest absolute Gasteiger partial charge is 0.361 e. The SMILES string of the molecule is CCN1CCCCCCCCC1=NC(c1ccccc1)C1CCC1. The molecule has 0 bridgehead atoms. The monoisotopic (exact) mass is 326 g/mol. The predicted octanol–water partition coefficient (Wildman–Crippen LogP) is 5.99. The Labute approximate surface area is 148 Å². The maximum Gasteiger partial charge on any atom is 0.0996 e. The highest BCUT2D eigenvalue weighted by Crippen LogP contribution is 2.40. The maximum absolute atomic E-state index is 5.40. The molecule has 0 amide bonds. The van der Waals surface area contributed by atoms with Crippen molar-refractivity contribution in [2.75, 3.05) is 13.1 Å². The van der Waals surface area contributed by atoms with Crippen molar-refractivity contribution in [1.29, 1.82) is 0 Å². The molecule has 2 nitrogen and oxygen atoms in total. The third-order valence-electron chi connectivity index (χ3n) is 5.85. The highest BCUT2D eigenvalue weighted by Gasteiger charge is 2.29. The van der Waals surface area contributed by atoms with Crippen molar-refractivity contribution in [3.05, 3.63) is 35.9 Å². The van der Waals surface area contributed by atoms with E-state index >= 15 is 0 Å². The zero-order valence-corrected chi connectivity index (χ0v) is 15.4. The van der Waals surface area contributed by atoms with Gasteiger partial charge in [0, 0.05) is 19.5 Å². The fourth-order valence-corrected chi connectivity index (χ4v) is 4.09. The van der Waals surface area contributed by atoms with Crippen LogP contribution in [0.5, 0.6) is 0 Å². The summed E-state index contributed by atoms with van der Waals surface area (Å²) in [5.74, 6) is 2.15. The van der Waals surface area contributed by atoms with E-state index in [-0.39, 0.29) is 0 Å². The Morgan fingerprint density at radius 1 is 0.958 bits per heavy atom. The summed E-state index contributed by atoms with van der Waals surface area (Å²) in [6.07, 6.45) is 13.5. The van der Waals surface area contributed by atoms with Gasteiger partial charge in [0.15, 0.2) is 0 Å². The minimum absolute atomic E-state index is 0.381.